The number of benzene rings is 1. The van der Waals surface area contributed by atoms with Crippen molar-refractivity contribution in [1.29, 1.82) is 0 Å². The first-order valence-corrected chi connectivity index (χ1v) is 9.60. The van der Waals surface area contributed by atoms with Crippen LogP contribution in [0, 0.1) is 5.92 Å². The highest BCUT2D eigenvalue weighted by Gasteiger charge is 2.21. The van der Waals surface area contributed by atoms with Crippen LogP contribution in [-0.4, -0.2) is 41.8 Å². The van der Waals surface area contributed by atoms with E-state index in [1.807, 2.05) is 6.07 Å². The fraction of sp³-hybridized carbons (Fsp3) is 0.650. The molecule has 0 saturated heterocycles. The molecule has 0 aromatic heterocycles. The van der Waals surface area contributed by atoms with Gasteiger partial charge in [-0.3, -0.25) is 4.90 Å². The zero-order chi connectivity index (χ0) is 18.1. The summed E-state index contributed by atoms with van der Waals surface area (Å²) >= 11 is 0. The third kappa shape index (κ3) is 6.33. The number of hydrogen-bond acceptors (Lipinski definition) is 3. The average molecular weight is 348 g/mol. The highest BCUT2D eigenvalue weighted by molar-refractivity contribution is 5.74. The zero-order valence-electron chi connectivity index (χ0n) is 15.6. The van der Waals surface area contributed by atoms with Gasteiger partial charge in [0.05, 0.1) is 0 Å². The number of rotatable bonds is 8. The lowest BCUT2D eigenvalue weighted by atomic mass is 9.87. The van der Waals surface area contributed by atoms with E-state index >= 15 is 0 Å². The van der Waals surface area contributed by atoms with E-state index in [2.05, 4.69) is 47.6 Å². The van der Waals surface area contributed by atoms with Crippen molar-refractivity contribution in [3.8, 4) is 0 Å². The zero-order valence-corrected chi connectivity index (χ0v) is 15.6. The quantitative estimate of drug-likeness (QED) is 0.677. The van der Waals surface area contributed by atoms with Crippen molar-refractivity contribution in [2.24, 2.45) is 5.92 Å². The molecule has 1 fully saturated rings. The summed E-state index contributed by atoms with van der Waals surface area (Å²) in [6.45, 7) is 8.12. The molecule has 2 rings (SSSR count). The minimum absolute atomic E-state index is 0.0925. The lowest BCUT2D eigenvalue weighted by molar-refractivity contribution is 0.174. The smallest absolute Gasteiger partial charge is 0.315 e. The first kappa shape index (κ1) is 19.7. The molecule has 1 aliphatic carbocycles. The number of urea groups is 1. The molecule has 0 aliphatic heterocycles. The lowest BCUT2D eigenvalue weighted by Gasteiger charge is -2.28. The fourth-order valence-electron chi connectivity index (χ4n) is 3.47. The van der Waals surface area contributed by atoms with Crippen molar-refractivity contribution < 1.29 is 9.90 Å². The summed E-state index contributed by atoms with van der Waals surface area (Å²) in [7, 11) is 0. The number of carbonyl (C=O) groups excluding carboxylic acids is 1. The molecule has 2 amide bonds. The van der Waals surface area contributed by atoms with Crippen LogP contribution in [0.25, 0.3) is 0 Å². The molecular weight excluding hydrogens is 314 g/mol. The Kier molecular flexibility index (Phi) is 8.22. The highest BCUT2D eigenvalue weighted by Crippen LogP contribution is 2.23. The molecule has 1 aromatic rings. The number of nitrogens with zero attached hydrogens (tertiary/aromatic N) is 1. The summed E-state index contributed by atoms with van der Waals surface area (Å²) in [5.41, 5.74) is 2.45. The van der Waals surface area contributed by atoms with E-state index in [0.717, 1.165) is 45.3 Å². The van der Waals surface area contributed by atoms with Crippen LogP contribution in [0.4, 0.5) is 4.79 Å². The van der Waals surface area contributed by atoms with Crippen molar-refractivity contribution >= 4 is 6.03 Å². The molecule has 5 heteroatoms. The maximum Gasteiger partial charge on any atom is 0.315 e. The third-order valence-electron chi connectivity index (χ3n) is 5.29. The normalized spacial score (nSPS) is 20.5. The van der Waals surface area contributed by atoms with Gasteiger partial charge in [-0.2, -0.15) is 0 Å². The topological polar surface area (TPSA) is 64.6 Å². The van der Waals surface area contributed by atoms with E-state index in [4.69, 9.17) is 0 Å². The summed E-state index contributed by atoms with van der Waals surface area (Å²) in [4.78, 5) is 14.6. The minimum atomic E-state index is -0.0925. The molecule has 1 aromatic carbocycles. The van der Waals surface area contributed by atoms with Crippen LogP contribution < -0.4 is 10.6 Å². The van der Waals surface area contributed by atoms with Crippen LogP contribution in [0.1, 0.15) is 50.7 Å². The second-order valence-electron chi connectivity index (χ2n) is 6.96. The number of hydrogen-bond donors (Lipinski definition) is 3. The van der Waals surface area contributed by atoms with Gasteiger partial charge in [-0.05, 0) is 55.8 Å². The molecule has 25 heavy (non-hydrogen) atoms. The molecule has 3 N–H and O–H groups in total. The Morgan fingerprint density at radius 2 is 1.76 bits per heavy atom. The lowest BCUT2D eigenvalue weighted by Crippen LogP contribution is -2.43. The molecular formula is C20H33N3O2. The first-order valence-electron chi connectivity index (χ1n) is 9.60. The van der Waals surface area contributed by atoms with Gasteiger partial charge in [-0.15, -0.1) is 0 Å². The Labute approximate surface area is 151 Å². The molecule has 1 saturated carbocycles. The number of carbonyl (C=O) groups is 1. The van der Waals surface area contributed by atoms with Crippen LogP contribution in [0.15, 0.2) is 24.3 Å². The summed E-state index contributed by atoms with van der Waals surface area (Å²) in [6, 6.07) is 8.45. The number of aliphatic hydroxyl groups is 1. The Morgan fingerprint density at radius 1 is 1.12 bits per heavy atom. The van der Waals surface area contributed by atoms with Gasteiger partial charge < -0.3 is 15.7 Å². The molecule has 5 nitrogen and oxygen atoms in total. The first-order chi connectivity index (χ1) is 12.2. The third-order valence-corrected chi connectivity index (χ3v) is 5.29. The Balaban J connectivity index is 1.81. The van der Waals surface area contributed by atoms with E-state index in [1.165, 1.54) is 11.1 Å². The predicted molar refractivity (Wildman–Crippen MR) is 101 cm³/mol. The Hall–Kier alpha value is -1.59. The second kappa shape index (κ2) is 10.4. The fourth-order valence-corrected chi connectivity index (χ4v) is 3.47. The molecule has 0 unspecified atom stereocenters. The molecule has 1 aliphatic rings. The summed E-state index contributed by atoms with van der Waals surface area (Å²) in [5, 5.41) is 15.3. The van der Waals surface area contributed by atoms with Gasteiger partial charge in [0.2, 0.25) is 0 Å². The van der Waals surface area contributed by atoms with Gasteiger partial charge in [-0.25, -0.2) is 4.79 Å². The Bertz CT molecular complexity index is 523. The van der Waals surface area contributed by atoms with Gasteiger partial charge in [0, 0.05) is 25.7 Å². The molecule has 0 radical (unpaired) electrons. The molecule has 0 bridgehead atoms. The summed E-state index contributed by atoms with van der Waals surface area (Å²) in [5.74, 6) is 0.410. The largest absolute Gasteiger partial charge is 0.396 e. The highest BCUT2D eigenvalue weighted by atomic mass is 16.3. The van der Waals surface area contributed by atoms with Gasteiger partial charge in [0.25, 0.3) is 0 Å². The van der Waals surface area contributed by atoms with E-state index < -0.39 is 0 Å². The van der Waals surface area contributed by atoms with Gasteiger partial charge in [0.1, 0.15) is 0 Å². The van der Waals surface area contributed by atoms with Crippen molar-refractivity contribution in [2.45, 2.75) is 58.7 Å². The van der Waals surface area contributed by atoms with Crippen molar-refractivity contribution in [3.05, 3.63) is 35.4 Å². The van der Waals surface area contributed by atoms with Gasteiger partial charge in [0.15, 0.2) is 0 Å². The molecule has 0 spiro atoms. The Morgan fingerprint density at radius 3 is 2.36 bits per heavy atom. The SMILES string of the molecule is CCN(CC)Cc1ccccc1CNC(=O)NC1CCC(CO)CC1. The predicted octanol–water partition coefficient (Wildman–Crippen LogP) is 2.88. The average Bonchev–Trinajstić information content (AvgIpc) is 2.65. The van der Waals surface area contributed by atoms with Crippen LogP contribution in [-0.2, 0) is 13.1 Å². The van der Waals surface area contributed by atoms with Crippen LogP contribution in [0.3, 0.4) is 0 Å². The molecule has 0 atom stereocenters. The maximum absolute atomic E-state index is 12.2. The summed E-state index contributed by atoms with van der Waals surface area (Å²) < 4.78 is 0. The van der Waals surface area contributed by atoms with Gasteiger partial charge in [-0.1, -0.05) is 38.1 Å². The summed E-state index contributed by atoms with van der Waals surface area (Å²) in [6.07, 6.45) is 3.90. The van der Waals surface area contributed by atoms with Crippen molar-refractivity contribution in [1.82, 2.24) is 15.5 Å². The van der Waals surface area contributed by atoms with Crippen LogP contribution in [0.2, 0.25) is 0 Å². The van der Waals surface area contributed by atoms with Crippen LogP contribution >= 0.6 is 0 Å². The second-order valence-corrected chi connectivity index (χ2v) is 6.96. The standard InChI is InChI=1S/C20H33N3O2/c1-3-23(4-2)14-18-8-6-5-7-17(18)13-21-20(25)22-19-11-9-16(15-24)10-12-19/h5-8,16,19,24H,3-4,9-15H2,1-2H3,(H2,21,22,25). The monoisotopic (exact) mass is 347 g/mol. The maximum atomic E-state index is 12.2. The number of nitrogens with one attached hydrogen (secondary N) is 2. The van der Waals surface area contributed by atoms with E-state index in [1.54, 1.807) is 0 Å². The van der Waals surface area contributed by atoms with Gasteiger partial charge >= 0.3 is 6.03 Å². The van der Waals surface area contributed by atoms with E-state index in [-0.39, 0.29) is 18.7 Å². The number of amides is 2. The van der Waals surface area contributed by atoms with E-state index in [9.17, 15) is 9.90 Å². The van der Waals surface area contributed by atoms with E-state index in [0.29, 0.717) is 12.5 Å². The minimum Gasteiger partial charge on any atom is -0.396 e. The van der Waals surface area contributed by atoms with Crippen molar-refractivity contribution in [2.75, 3.05) is 19.7 Å². The molecule has 0 heterocycles. The van der Waals surface area contributed by atoms with Crippen molar-refractivity contribution in [3.63, 3.8) is 0 Å². The molecule has 140 valence electrons. The number of aliphatic hydroxyl groups excluding tert-OH is 1. The van der Waals surface area contributed by atoms with Crippen LogP contribution in [0.5, 0.6) is 0 Å².